The van der Waals surface area contributed by atoms with Gasteiger partial charge in [0.25, 0.3) is 0 Å². The predicted octanol–water partition coefficient (Wildman–Crippen LogP) is 2.13. The number of hydrogen-bond donors (Lipinski definition) is 2. The fraction of sp³-hybridized carbons (Fsp3) is 0. The van der Waals surface area contributed by atoms with E-state index in [1.165, 1.54) is 12.5 Å². The number of hydrogen-bond acceptors (Lipinski definition) is 4. The molecule has 7 heteroatoms. The zero-order chi connectivity index (χ0) is 14.4. The van der Waals surface area contributed by atoms with Gasteiger partial charge < -0.3 is 9.73 Å². The SMILES string of the molecule is O=C(N/N=C\c1ccco1)C(=O)Nc1cccc(Br)c1. The Balaban J connectivity index is 1.87. The van der Waals surface area contributed by atoms with E-state index < -0.39 is 11.8 Å². The fourth-order valence-electron chi connectivity index (χ4n) is 1.32. The van der Waals surface area contributed by atoms with Gasteiger partial charge >= 0.3 is 11.8 Å². The molecule has 0 bridgehead atoms. The first kappa shape index (κ1) is 14.0. The molecular weight excluding hydrogens is 326 g/mol. The van der Waals surface area contributed by atoms with Gasteiger partial charge in [-0.2, -0.15) is 5.10 Å². The minimum absolute atomic E-state index is 0.470. The highest BCUT2D eigenvalue weighted by Gasteiger charge is 2.12. The quantitative estimate of drug-likeness (QED) is 0.512. The molecule has 2 rings (SSSR count). The number of anilines is 1. The molecule has 6 nitrogen and oxygen atoms in total. The second kappa shape index (κ2) is 6.67. The minimum Gasteiger partial charge on any atom is -0.463 e. The summed E-state index contributed by atoms with van der Waals surface area (Å²) in [6.07, 6.45) is 2.77. The van der Waals surface area contributed by atoms with Gasteiger partial charge in [-0.1, -0.05) is 22.0 Å². The Morgan fingerprint density at radius 2 is 2.05 bits per heavy atom. The maximum absolute atomic E-state index is 11.6. The topological polar surface area (TPSA) is 83.7 Å². The molecule has 0 atom stereocenters. The lowest BCUT2D eigenvalue weighted by atomic mass is 10.3. The fourth-order valence-corrected chi connectivity index (χ4v) is 1.72. The van der Waals surface area contributed by atoms with Gasteiger partial charge in [-0.3, -0.25) is 9.59 Å². The normalized spacial score (nSPS) is 10.4. The molecule has 0 aliphatic carbocycles. The molecule has 1 aromatic carbocycles. The standard InChI is InChI=1S/C13H10BrN3O3/c14-9-3-1-4-10(7-9)16-12(18)13(19)17-15-8-11-5-2-6-20-11/h1-8H,(H,16,18)(H,17,19)/b15-8-. The number of nitrogens with zero attached hydrogens (tertiary/aromatic N) is 1. The predicted molar refractivity (Wildman–Crippen MR) is 77.2 cm³/mol. The van der Waals surface area contributed by atoms with Crippen molar-refractivity contribution < 1.29 is 14.0 Å². The maximum Gasteiger partial charge on any atom is 0.329 e. The smallest absolute Gasteiger partial charge is 0.329 e. The van der Waals surface area contributed by atoms with E-state index in [4.69, 9.17) is 4.42 Å². The zero-order valence-corrected chi connectivity index (χ0v) is 11.8. The van der Waals surface area contributed by atoms with Gasteiger partial charge in [-0.15, -0.1) is 0 Å². The van der Waals surface area contributed by atoms with Crippen LogP contribution in [0.15, 0.2) is 56.7 Å². The molecule has 0 saturated carbocycles. The van der Waals surface area contributed by atoms with Crippen LogP contribution in [-0.4, -0.2) is 18.0 Å². The molecule has 102 valence electrons. The maximum atomic E-state index is 11.6. The van der Waals surface area contributed by atoms with Crippen molar-refractivity contribution in [2.24, 2.45) is 5.10 Å². The number of hydrazone groups is 1. The molecule has 0 unspecified atom stereocenters. The van der Waals surface area contributed by atoms with Crippen LogP contribution in [0.2, 0.25) is 0 Å². The lowest BCUT2D eigenvalue weighted by molar-refractivity contribution is -0.136. The van der Waals surface area contributed by atoms with Crippen LogP contribution in [0.3, 0.4) is 0 Å². The van der Waals surface area contributed by atoms with Crippen molar-refractivity contribution >= 4 is 39.6 Å². The number of amides is 2. The monoisotopic (exact) mass is 335 g/mol. The number of carbonyl (C=O) groups excluding carboxylic acids is 2. The van der Waals surface area contributed by atoms with E-state index in [-0.39, 0.29) is 0 Å². The molecule has 1 heterocycles. The molecule has 0 fully saturated rings. The second-order valence-corrected chi connectivity index (χ2v) is 4.59. The highest BCUT2D eigenvalue weighted by Crippen LogP contribution is 2.15. The Labute approximate surface area is 123 Å². The molecule has 0 aliphatic rings. The number of rotatable bonds is 3. The van der Waals surface area contributed by atoms with Crippen molar-refractivity contribution in [3.05, 3.63) is 52.9 Å². The largest absolute Gasteiger partial charge is 0.463 e. The summed E-state index contributed by atoms with van der Waals surface area (Å²) < 4.78 is 5.78. The average Bonchev–Trinajstić information content (AvgIpc) is 2.91. The lowest BCUT2D eigenvalue weighted by Crippen LogP contribution is -2.32. The van der Waals surface area contributed by atoms with Crippen molar-refractivity contribution in [2.75, 3.05) is 5.32 Å². The molecule has 2 N–H and O–H groups in total. The van der Waals surface area contributed by atoms with Gasteiger partial charge in [0.2, 0.25) is 0 Å². The van der Waals surface area contributed by atoms with E-state index >= 15 is 0 Å². The van der Waals surface area contributed by atoms with Gasteiger partial charge in [0.05, 0.1) is 12.5 Å². The first-order chi connectivity index (χ1) is 9.65. The molecule has 0 aliphatic heterocycles. The molecule has 0 saturated heterocycles. The lowest BCUT2D eigenvalue weighted by Gasteiger charge is -2.03. The molecule has 0 radical (unpaired) electrons. The summed E-state index contributed by atoms with van der Waals surface area (Å²) in [5, 5.41) is 6.05. The molecule has 2 aromatic rings. The van der Waals surface area contributed by atoms with Crippen LogP contribution in [0.1, 0.15) is 5.76 Å². The average molecular weight is 336 g/mol. The third-order valence-electron chi connectivity index (χ3n) is 2.19. The van der Waals surface area contributed by atoms with E-state index in [9.17, 15) is 9.59 Å². The second-order valence-electron chi connectivity index (χ2n) is 3.68. The third kappa shape index (κ3) is 4.06. The van der Waals surface area contributed by atoms with Crippen LogP contribution in [0.25, 0.3) is 0 Å². The van der Waals surface area contributed by atoms with Crippen LogP contribution >= 0.6 is 15.9 Å². The van der Waals surface area contributed by atoms with Crippen molar-refractivity contribution in [2.45, 2.75) is 0 Å². The Morgan fingerprint density at radius 1 is 1.20 bits per heavy atom. The Hall–Kier alpha value is -2.41. The Kier molecular flexibility index (Phi) is 4.67. The van der Waals surface area contributed by atoms with Gasteiger partial charge in [-0.05, 0) is 30.3 Å². The molecule has 2 amide bonds. The van der Waals surface area contributed by atoms with Crippen LogP contribution in [0, 0.1) is 0 Å². The third-order valence-corrected chi connectivity index (χ3v) is 2.68. The van der Waals surface area contributed by atoms with Gasteiger partial charge in [0.1, 0.15) is 5.76 Å². The number of halogens is 1. The summed E-state index contributed by atoms with van der Waals surface area (Å²) >= 11 is 3.27. The van der Waals surface area contributed by atoms with E-state index in [1.807, 2.05) is 6.07 Å². The summed E-state index contributed by atoms with van der Waals surface area (Å²) in [6, 6.07) is 10.2. The summed E-state index contributed by atoms with van der Waals surface area (Å²) in [5.41, 5.74) is 2.61. The molecule has 1 aromatic heterocycles. The van der Waals surface area contributed by atoms with Crippen LogP contribution in [-0.2, 0) is 9.59 Å². The molecular formula is C13H10BrN3O3. The van der Waals surface area contributed by atoms with E-state index in [0.717, 1.165) is 4.47 Å². The highest BCUT2D eigenvalue weighted by molar-refractivity contribution is 9.10. The van der Waals surface area contributed by atoms with Gasteiger partial charge in [-0.25, -0.2) is 5.43 Å². The van der Waals surface area contributed by atoms with Gasteiger partial charge in [0.15, 0.2) is 0 Å². The Bertz CT molecular complexity index is 638. The Morgan fingerprint density at radius 3 is 2.75 bits per heavy atom. The van der Waals surface area contributed by atoms with Crippen molar-refractivity contribution in [1.82, 2.24) is 5.43 Å². The number of nitrogens with one attached hydrogen (secondary N) is 2. The highest BCUT2D eigenvalue weighted by atomic mass is 79.9. The van der Waals surface area contributed by atoms with Crippen molar-refractivity contribution in [3.63, 3.8) is 0 Å². The van der Waals surface area contributed by atoms with Crippen LogP contribution in [0.4, 0.5) is 5.69 Å². The van der Waals surface area contributed by atoms with E-state index in [2.05, 4.69) is 31.8 Å². The zero-order valence-electron chi connectivity index (χ0n) is 10.2. The van der Waals surface area contributed by atoms with Crippen LogP contribution in [0.5, 0.6) is 0 Å². The van der Waals surface area contributed by atoms with E-state index in [0.29, 0.717) is 11.4 Å². The number of benzene rings is 1. The van der Waals surface area contributed by atoms with Gasteiger partial charge in [0, 0.05) is 10.2 Å². The number of carbonyl (C=O) groups is 2. The van der Waals surface area contributed by atoms with E-state index in [1.54, 1.807) is 30.3 Å². The minimum atomic E-state index is -0.868. The van der Waals surface area contributed by atoms with Crippen molar-refractivity contribution in [1.29, 1.82) is 0 Å². The van der Waals surface area contributed by atoms with Crippen LogP contribution < -0.4 is 10.7 Å². The molecule has 20 heavy (non-hydrogen) atoms. The first-order valence-corrected chi connectivity index (χ1v) is 6.38. The first-order valence-electron chi connectivity index (χ1n) is 5.58. The summed E-state index contributed by atoms with van der Waals surface area (Å²) in [4.78, 5) is 23.1. The van der Waals surface area contributed by atoms with Crippen molar-refractivity contribution in [3.8, 4) is 0 Å². The summed E-state index contributed by atoms with van der Waals surface area (Å²) in [5.74, 6) is -1.20. The summed E-state index contributed by atoms with van der Waals surface area (Å²) in [7, 11) is 0. The summed E-state index contributed by atoms with van der Waals surface area (Å²) in [6.45, 7) is 0. The number of furan rings is 1. The molecule has 0 spiro atoms.